The summed E-state index contributed by atoms with van der Waals surface area (Å²) < 4.78 is 5.97. The Hall–Kier alpha value is -1.17. The number of hydrogen-bond acceptors (Lipinski definition) is 4. The highest BCUT2D eigenvalue weighted by Crippen LogP contribution is 2.28. The predicted molar refractivity (Wildman–Crippen MR) is 85.1 cm³/mol. The quantitative estimate of drug-likeness (QED) is 0.874. The lowest BCUT2D eigenvalue weighted by molar-refractivity contribution is 0.181. The molecule has 6 heteroatoms. The molecule has 0 aliphatic heterocycles. The van der Waals surface area contributed by atoms with Gasteiger partial charge in [-0.1, -0.05) is 11.6 Å². The molecule has 0 bridgehead atoms. The molecule has 20 heavy (non-hydrogen) atoms. The first kappa shape index (κ1) is 15.2. The van der Waals surface area contributed by atoms with Crippen molar-refractivity contribution in [3.8, 4) is 11.4 Å². The van der Waals surface area contributed by atoms with Crippen LogP contribution in [0.25, 0.3) is 11.4 Å². The molecule has 2 aromatic rings. The van der Waals surface area contributed by atoms with Crippen LogP contribution >= 0.6 is 27.5 Å². The highest BCUT2D eigenvalue weighted by molar-refractivity contribution is 9.10. The largest absolute Gasteiger partial charge is 0.378 e. The van der Waals surface area contributed by atoms with E-state index in [9.17, 15) is 0 Å². The number of methoxy groups -OCH3 is 1. The minimum absolute atomic E-state index is 0.447. The third-order valence-corrected chi connectivity index (χ3v) is 3.82. The van der Waals surface area contributed by atoms with E-state index in [1.54, 1.807) is 7.11 Å². The fraction of sp³-hybridized carbons (Fsp3) is 0.286. The Balaban J connectivity index is 2.45. The number of anilines is 1. The van der Waals surface area contributed by atoms with Gasteiger partial charge in [0.15, 0.2) is 5.82 Å². The predicted octanol–water partition coefficient (Wildman–Crippen LogP) is 4.14. The van der Waals surface area contributed by atoms with E-state index in [2.05, 4.69) is 31.2 Å². The Morgan fingerprint density at radius 2 is 2.10 bits per heavy atom. The Morgan fingerprint density at radius 1 is 1.30 bits per heavy atom. The SMILES string of the molecule is CCNc1cc(COC)nc(-c2ccc(Cl)c(Br)c2)n1. The zero-order valence-electron chi connectivity index (χ0n) is 11.3. The first-order valence-electron chi connectivity index (χ1n) is 6.20. The highest BCUT2D eigenvalue weighted by Gasteiger charge is 2.08. The van der Waals surface area contributed by atoms with Gasteiger partial charge >= 0.3 is 0 Å². The third kappa shape index (κ3) is 3.69. The standard InChI is InChI=1S/C14H15BrClN3O/c1-3-17-13-7-10(8-20-2)18-14(19-13)9-4-5-12(16)11(15)6-9/h4-7H,3,8H2,1-2H3,(H,17,18,19). The van der Waals surface area contributed by atoms with E-state index in [1.807, 2.05) is 31.2 Å². The average molecular weight is 357 g/mol. The van der Waals surface area contributed by atoms with Gasteiger partial charge in [0, 0.05) is 29.8 Å². The van der Waals surface area contributed by atoms with Crippen LogP contribution in [0, 0.1) is 0 Å². The van der Waals surface area contributed by atoms with Gasteiger partial charge in [-0.05, 0) is 41.1 Å². The molecule has 2 rings (SSSR count). The topological polar surface area (TPSA) is 47.0 Å². The number of hydrogen-bond donors (Lipinski definition) is 1. The van der Waals surface area contributed by atoms with E-state index >= 15 is 0 Å². The summed E-state index contributed by atoms with van der Waals surface area (Å²) in [6, 6.07) is 7.51. The first-order valence-corrected chi connectivity index (χ1v) is 7.37. The molecule has 106 valence electrons. The molecule has 0 saturated carbocycles. The van der Waals surface area contributed by atoms with Crippen molar-refractivity contribution in [3.63, 3.8) is 0 Å². The van der Waals surface area contributed by atoms with Crippen LogP contribution in [0.2, 0.25) is 5.02 Å². The molecule has 0 spiro atoms. The number of rotatable bonds is 5. The maximum Gasteiger partial charge on any atom is 0.161 e. The molecule has 1 N–H and O–H groups in total. The summed E-state index contributed by atoms with van der Waals surface area (Å²) in [5, 5.41) is 3.86. The van der Waals surface area contributed by atoms with Crippen molar-refractivity contribution < 1.29 is 4.74 Å². The number of halogens is 2. The minimum Gasteiger partial charge on any atom is -0.378 e. The van der Waals surface area contributed by atoms with E-state index in [4.69, 9.17) is 16.3 Å². The van der Waals surface area contributed by atoms with Crippen LogP contribution in [0.1, 0.15) is 12.6 Å². The molecule has 0 amide bonds. The number of nitrogens with zero attached hydrogens (tertiary/aromatic N) is 2. The number of benzene rings is 1. The number of ether oxygens (including phenoxy) is 1. The molecule has 0 aliphatic rings. The lowest BCUT2D eigenvalue weighted by Crippen LogP contribution is -2.04. The second-order valence-electron chi connectivity index (χ2n) is 4.16. The normalized spacial score (nSPS) is 10.6. The van der Waals surface area contributed by atoms with Gasteiger partial charge in [0.1, 0.15) is 5.82 Å². The summed E-state index contributed by atoms with van der Waals surface area (Å²) in [5.74, 6) is 1.43. The van der Waals surface area contributed by atoms with E-state index in [0.29, 0.717) is 17.5 Å². The average Bonchev–Trinajstić information content (AvgIpc) is 2.42. The molecule has 1 aromatic heterocycles. The zero-order valence-corrected chi connectivity index (χ0v) is 13.6. The van der Waals surface area contributed by atoms with Gasteiger partial charge in [-0.15, -0.1) is 0 Å². The van der Waals surface area contributed by atoms with Crippen LogP contribution in [0.5, 0.6) is 0 Å². The van der Waals surface area contributed by atoms with Crippen LogP contribution in [0.4, 0.5) is 5.82 Å². The van der Waals surface area contributed by atoms with Crippen LogP contribution in [0.15, 0.2) is 28.7 Å². The van der Waals surface area contributed by atoms with Crippen LogP contribution in [-0.2, 0) is 11.3 Å². The van der Waals surface area contributed by atoms with Crippen molar-refractivity contribution in [1.29, 1.82) is 0 Å². The van der Waals surface area contributed by atoms with Crippen molar-refractivity contribution >= 4 is 33.3 Å². The molecule has 0 atom stereocenters. The summed E-state index contributed by atoms with van der Waals surface area (Å²) in [6.45, 7) is 3.27. The van der Waals surface area contributed by atoms with Crippen molar-refractivity contribution in [2.45, 2.75) is 13.5 Å². The molecule has 0 saturated heterocycles. The van der Waals surface area contributed by atoms with E-state index in [0.717, 1.165) is 28.1 Å². The lowest BCUT2D eigenvalue weighted by atomic mass is 10.2. The maximum atomic E-state index is 6.01. The van der Waals surface area contributed by atoms with Crippen molar-refractivity contribution in [2.75, 3.05) is 19.0 Å². The highest BCUT2D eigenvalue weighted by atomic mass is 79.9. The fourth-order valence-corrected chi connectivity index (χ4v) is 2.25. The van der Waals surface area contributed by atoms with E-state index in [-0.39, 0.29) is 0 Å². The summed E-state index contributed by atoms with van der Waals surface area (Å²) in [6.07, 6.45) is 0. The van der Waals surface area contributed by atoms with Gasteiger partial charge in [-0.3, -0.25) is 0 Å². The lowest BCUT2D eigenvalue weighted by Gasteiger charge is -2.09. The minimum atomic E-state index is 0.447. The summed E-state index contributed by atoms with van der Waals surface area (Å²) in [5.41, 5.74) is 1.73. The molecule has 1 aromatic carbocycles. The van der Waals surface area contributed by atoms with Crippen LogP contribution in [0.3, 0.4) is 0 Å². The van der Waals surface area contributed by atoms with Crippen molar-refractivity contribution in [3.05, 3.63) is 39.5 Å². The molecule has 0 fully saturated rings. The van der Waals surface area contributed by atoms with Crippen LogP contribution in [-0.4, -0.2) is 23.6 Å². The van der Waals surface area contributed by atoms with E-state index < -0.39 is 0 Å². The summed E-state index contributed by atoms with van der Waals surface area (Å²) in [7, 11) is 1.65. The van der Waals surface area contributed by atoms with Gasteiger partial charge in [0.2, 0.25) is 0 Å². The first-order chi connectivity index (χ1) is 9.63. The molecule has 0 aliphatic carbocycles. The van der Waals surface area contributed by atoms with Crippen molar-refractivity contribution in [2.24, 2.45) is 0 Å². The molecular weight excluding hydrogens is 342 g/mol. The molecule has 0 radical (unpaired) electrons. The van der Waals surface area contributed by atoms with Gasteiger partial charge in [0.05, 0.1) is 17.3 Å². The second-order valence-corrected chi connectivity index (χ2v) is 5.42. The smallest absolute Gasteiger partial charge is 0.161 e. The monoisotopic (exact) mass is 355 g/mol. The molecule has 4 nitrogen and oxygen atoms in total. The number of nitrogens with one attached hydrogen (secondary N) is 1. The van der Waals surface area contributed by atoms with Gasteiger partial charge < -0.3 is 10.1 Å². The molecular formula is C14H15BrClN3O. The summed E-state index contributed by atoms with van der Waals surface area (Å²) in [4.78, 5) is 9.01. The zero-order chi connectivity index (χ0) is 14.5. The third-order valence-electron chi connectivity index (χ3n) is 2.61. The Kier molecular flexibility index (Phi) is 5.34. The van der Waals surface area contributed by atoms with Crippen LogP contribution < -0.4 is 5.32 Å². The summed E-state index contributed by atoms with van der Waals surface area (Å²) >= 11 is 9.42. The number of aromatic nitrogens is 2. The van der Waals surface area contributed by atoms with E-state index in [1.165, 1.54) is 0 Å². The Labute approximate surface area is 131 Å². The van der Waals surface area contributed by atoms with Gasteiger partial charge in [0.25, 0.3) is 0 Å². The second kappa shape index (κ2) is 7.02. The maximum absolute atomic E-state index is 6.01. The Bertz CT molecular complexity index is 583. The van der Waals surface area contributed by atoms with Gasteiger partial charge in [-0.25, -0.2) is 9.97 Å². The van der Waals surface area contributed by atoms with Crippen molar-refractivity contribution in [1.82, 2.24) is 9.97 Å². The fourth-order valence-electron chi connectivity index (χ4n) is 1.76. The van der Waals surface area contributed by atoms with Gasteiger partial charge in [-0.2, -0.15) is 0 Å². The Morgan fingerprint density at radius 3 is 2.75 bits per heavy atom. The molecule has 1 heterocycles. The molecule has 0 unspecified atom stereocenters.